The number of esters is 1. The molecule has 0 atom stereocenters. The van der Waals surface area contributed by atoms with Crippen molar-refractivity contribution in [2.45, 2.75) is 39.4 Å². The van der Waals surface area contributed by atoms with Gasteiger partial charge in [0.2, 0.25) is 0 Å². The van der Waals surface area contributed by atoms with Crippen LogP contribution in [-0.4, -0.2) is 57.0 Å². The Morgan fingerprint density at radius 3 is 2.23 bits per heavy atom. The highest BCUT2D eigenvalue weighted by Gasteiger charge is 2.30. The maximum Gasteiger partial charge on any atom is 0.410 e. The quantitative estimate of drug-likeness (QED) is 0.521. The molecular formula is C27H33NO7. The van der Waals surface area contributed by atoms with Crippen molar-refractivity contribution in [3.63, 3.8) is 0 Å². The Labute approximate surface area is 206 Å². The molecule has 0 bridgehead atoms. The second kappa shape index (κ2) is 11.2. The van der Waals surface area contributed by atoms with Crippen molar-refractivity contribution < 1.29 is 33.3 Å². The normalized spacial score (nSPS) is 13.8. The van der Waals surface area contributed by atoms with E-state index < -0.39 is 17.7 Å². The van der Waals surface area contributed by atoms with Crippen molar-refractivity contribution in [2.24, 2.45) is 0 Å². The minimum Gasteiger partial charge on any atom is -0.497 e. The summed E-state index contributed by atoms with van der Waals surface area (Å²) in [7, 11) is 4.54. The van der Waals surface area contributed by atoms with Gasteiger partial charge in [0.05, 0.1) is 33.4 Å². The first-order valence-corrected chi connectivity index (χ1v) is 11.4. The number of benzene rings is 2. The number of nitrogens with zero attached hydrogens (tertiary/aromatic N) is 1. The van der Waals surface area contributed by atoms with Crippen LogP contribution in [0.3, 0.4) is 0 Å². The molecule has 0 radical (unpaired) electrons. The van der Waals surface area contributed by atoms with Gasteiger partial charge in [-0.05, 0) is 68.2 Å². The Morgan fingerprint density at radius 1 is 0.943 bits per heavy atom. The SMILES string of the molecule is COC(=O)C1=C(c2cccc(OCc3cc(OC)cc(OC)c3)c2)CCN(C(=O)OC(C)(C)C)C1. The molecule has 1 aliphatic heterocycles. The first kappa shape index (κ1) is 25.9. The first-order chi connectivity index (χ1) is 16.6. The van der Waals surface area contributed by atoms with Crippen LogP contribution in [0.5, 0.6) is 17.2 Å². The lowest BCUT2D eigenvalue weighted by Crippen LogP contribution is -2.41. The number of rotatable bonds is 7. The van der Waals surface area contributed by atoms with E-state index in [1.54, 1.807) is 20.3 Å². The molecule has 0 saturated heterocycles. The topological polar surface area (TPSA) is 83.5 Å². The average Bonchev–Trinajstić information content (AvgIpc) is 2.85. The number of carbonyl (C=O) groups excluding carboxylic acids is 2. The van der Waals surface area contributed by atoms with Crippen LogP contribution < -0.4 is 14.2 Å². The smallest absolute Gasteiger partial charge is 0.410 e. The van der Waals surface area contributed by atoms with Crippen molar-refractivity contribution in [1.29, 1.82) is 0 Å². The van der Waals surface area contributed by atoms with Crippen molar-refractivity contribution in [2.75, 3.05) is 34.4 Å². The van der Waals surface area contributed by atoms with E-state index in [-0.39, 0.29) is 6.54 Å². The Hall–Kier alpha value is -3.68. The average molecular weight is 484 g/mol. The molecule has 1 amide bonds. The molecule has 3 rings (SSSR count). The van der Waals surface area contributed by atoms with Gasteiger partial charge in [0, 0.05) is 12.6 Å². The molecule has 0 unspecified atom stereocenters. The van der Waals surface area contributed by atoms with Gasteiger partial charge in [0.1, 0.15) is 29.5 Å². The van der Waals surface area contributed by atoms with Crippen LogP contribution in [-0.2, 0) is 20.9 Å². The van der Waals surface area contributed by atoms with Gasteiger partial charge in [-0.25, -0.2) is 9.59 Å². The maximum absolute atomic E-state index is 12.6. The molecule has 8 heteroatoms. The summed E-state index contributed by atoms with van der Waals surface area (Å²) in [6, 6.07) is 13.1. The van der Waals surface area contributed by atoms with E-state index in [2.05, 4.69) is 0 Å². The Kier molecular flexibility index (Phi) is 8.27. The third-order valence-corrected chi connectivity index (χ3v) is 5.43. The number of carbonyl (C=O) groups is 2. The van der Waals surface area contributed by atoms with Crippen LogP contribution in [0, 0.1) is 0 Å². The molecule has 0 spiro atoms. The van der Waals surface area contributed by atoms with Crippen LogP contribution >= 0.6 is 0 Å². The fraction of sp³-hybridized carbons (Fsp3) is 0.407. The number of methoxy groups -OCH3 is 3. The zero-order valence-electron chi connectivity index (χ0n) is 21.2. The predicted molar refractivity (Wildman–Crippen MR) is 132 cm³/mol. The van der Waals surface area contributed by atoms with E-state index in [1.165, 1.54) is 12.0 Å². The zero-order chi connectivity index (χ0) is 25.6. The highest BCUT2D eigenvalue weighted by atomic mass is 16.6. The largest absolute Gasteiger partial charge is 0.497 e. The summed E-state index contributed by atoms with van der Waals surface area (Å²) in [6.07, 6.45) is 0.0315. The Bertz CT molecular complexity index is 1080. The second-order valence-electron chi connectivity index (χ2n) is 9.14. The number of amides is 1. The molecular weight excluding hydrogens is 450 g/mol. The summed E-state index contributed by atoms with van der Waals surface area (Å²) < 4.78 is 27.2. The van der Waals surface area contributed by atoms with E-state index >= 15 is 0 Å². The fourth-order valence-electron chi connectivity index (χ4n) is 3.76. The van der Waals surface area contributed by atoms with E-state index in [9.17, 15) is 9.59 Å². The maximum atomic E-state index is 12.6. The second-order valence-corrected chi connectivity index (χ2v) is 9.14. The summed E-state index contributed by atoms with van der Waals surface area (Å²) in [4.78, 5) is 26.7. The molecule has 1 aliphatic rings. The molecule has 35 heavy (non-hydrogen) atoms. The van der Waals surface area contributed by atoms with Gasteiger partial charge in [-0.3, -0.25) is 0 Å². The summed E-state index contributed by atoms with van der Waals surface area (Å²) in [5, 5.41) is 0. The number of hydrogen-bond donors (Lipinski definition) is 0. The molecule has 0 fully saturated rings. The molecule has 188 valence electrons. The minimum absolute atomic E-state index is 0.117. The lowest BCUT2D eigenvalue weighted by Gasteiger charge is -2.32. The third-order valence-electron chi connectivity index (χ3n) is 5.43. The highest BCUT2D eigenvalue weighted by molar-refractivity contribution is 5.99. The molecule has 0 saturated carbocycles. The van der Waals surface area contributed by atoms with Gasteiger partial charge in [-0.15, -0.1) is 0 Å². The van der Waals surface area contributed by atoms with Gasteiger partial charge in [-0.2, -0.15) is 0 Å². The fourth-order valence-corrected chi connectivity index (χ4v) is 3.76. The van der Waals surface area contributed by atoms with Crippen LogP contribution in [0.4, 0.5) is 4.79 Å². The van der Waals surface area contributed by atoms with E-state index in [0.717, 1.165) is 16.7 Å². The van der Waals surface area contributed by atoms with Crippen molar-refractivity contribution in [3.8, 4) is 17.2 Å². The number of hydrogen-bond acceptors (Lipinski definition) is 7. The van der Waals surface area contributed by atoms with Crippen LogP contribution in [0.1, 0.15) is 38.3 Å². The van der Waals surface area contributed by atoms with Gasteiger partial charge < -0.3 is 28.6 Å². The molecule has 0 N–H and O–H groups in total. The van der Waals surface area contributed by atoms with Gasteiger partial charge in [0.15, 0.2) is 0 Å². The van der Waals surface area contributed by atoms with E-state index in [0.29, 0.717) is 42.4 Å². The molecule has 8 nitrogen and oxygen atoms in total. The summed E-state index contributed by atoms with van der Waals surface area (Å²) in [6.45, 7) is 6.29. The van der Waals surface area contributed by atoms with Crippen LogP contribution in [0.15, 0.2) is 48.0 Å². The standard InChI is InChI=1S/C27H33NO7/c1-27(2,3)35-26(30)28-11-10-23(24(16-28)25(29)33-6)19-8-7-9-20(14-19)34-17-18-12-21(31-4)15-22(13-18)32-5/h7-9,12-15H,10-11,16-17H2,1-6H3. The highest BCUT2D eigenvalue weighted by Crippen LogP contribution is 2.31. The summed E-state index contributed by atoms with van der Waals surface area (Å²) in [5.41, 5.74) is 2.37. The van der Waals surface area contributed by atoms with Crippen molar-refractivity contribution >= 4 is 17.6 Å². The molecule has 2 aromatic rings. The van der Waals surface area contributed by atoms with E-state index in [1.807, 2.05) is 57.2 Å². The number of ether oxygens (including phenoxy) is 5. The van der Waals surface area contributed by atoms with Crippen molar-refractivity contribution in [3.05, 3.63) is 59.2 Å². The third kappa shape index (κ3) is 6.91. The first-order valence-electron chi connectivity index (χ1n) is 11.4. The monoisotopic (exact) mass is 483 g/mol. The predicted octanol–water partition coefficient (Wildman–Crippen LogP) is 4.85. The minimum atomic E-state index is -0.620. The lowest BCUT2D eigenvalue weighted by molar-refractivity contribution is -0.136. The molecule has 1 heterocycles. The van der Waals surface area contributed by atoms with Gasteiger partial charge in [0.25, 0.3) is 0 Å². The summed E-state index contributed by atoms with van der Waals surface area (Å²) in [5.74, 6) is 1.54. The van der Waals surface area contributed by atoms with Gasteiger partial charge in [-0.1, -0.05) is 12.1 Å². The molecule has 0 aromatic heterocycles. The molecule has 0 aliphatic carbocycles. The van der Waals surface area contributed by atoms with E-state index in [4.69, 9.17) is 23.7 Å². The Balaban J connectivity index is 1.82. The zero-order valence-corrected chi connectivity index (χ0v) is 21.2. The van der Waals surface area contributed by atoms with Crippen LogP contribution in [0.2, 0.25) is 0 Å². The lowest BCUT2D eigenvalue weighted by atomic mass is 9.93. The Morgan fingerprint density at radius 2 is 1.63 bits per heavy atom. The van der Waals surface area contributed by atoms with Crippen LogP contribution in [0.25, 0.3) is 5.57 Å². The summed E-state index contributed by atoms with van der Waals surface area (Å²) >= 11 is 0. The molecule has 2 aromatic carbocycles. The van der Waals surface area contributed by atoms with Crippen molar-refractivity contribution in [1.82, 2.24) is 4.90 Å². The van der Waals surface area contributed by atoms with Gasteiger partial charge >= 0.3 is 12.1 Å².